The highest BCUT2D eigenvalue weighted by atomic mass is 16.7. The fraction of sp³-hybridized carbons (Fsp3) is 0.815. The number of aliphatic hydroxyl groups is 8. The molecule has 4 aliphatic rings. The number of allylic oxidation sites excluding steroid dienone is 1. The molecule has 0 bridgehead atoms. The van der Waals surface area contributed by atoms with Crippen LogP contribution in [0.15, 0.2) is 23.5 Å². The lowest BCUT2D eigenvalue weighted by molar-refractivity contribution is -0.330. The molecule has 13 atom stereocenters. The van der Waals surface area contributed by atoms with Gasteiger partial charge in [-0.15, -0.1) is 0 Å². The second kappa shape index (κ2) is 14.4. The van der Waals surface area contributed by atoms with Crippen LogP contribution in [-0.2, 0) is 33.2 Å². The largest absolute Gasteiger partial charge is 0.462 e. The first-order chi connectivity index (χ1) is 20.0. The maximum absolute atomic E-state index is 12.3. The average Bonchev–Trinajstić information content (AvgIpc) is 3.40. The zero-order valence-corrected chi connectivity index (χ0v) is 23.4. The Kier molecular flexibility index (Phi) is 11.3. The molecule has 3 heterocycles. The number of hydrogen-bond acceptors (Lipinski definition) is 15. The third kappa shape index (κ3) is 7.14. The summed E-state index contributed by atoms with van der Waals surface area (Å²) in [5.74, 6) is -1.01. The van der Waals surface area contributed by atoms with Crippen molar-refractivity contribution in [3.05, 3.63) is 23.5 Å². The summed E-state index contributed by atoms with van der Waals surface area (Å²) in [5, 5.41) is 80.7. The molecule has 15 nitrogen and oxygen atoms in total. The van der Waals surface area contributed by atoms with E-state index in [0.717, 1.165) is 0 Å². The topological polar surface area (TPSA) is 234 Å². The van der Waals surface area contributed by atoms with Gasteiger partial charge in [0.15, 0.2) is 12.6 Å². The van der Waals surface area contributed by atoms with Gasteiger partial charge < -0.3 is 69.3 Å². The third-order valence-corrected chi connectivity index (χ3v) is 7.98. The molecule has 2 fully saturated rings. The number of esters is 1. The van der Waals surface area contributed by atoms with Crippen molar-refractivity contribution in [2.45, 2.75) is 94.4 Å². The second-order valence-corrected chi connectivity index (χ2v) is 11.4. The van der Waals surface area contributed by atoms with E-state index in [1.165, 1.54) is 6.26 Å². The molecule has 0 saturated carbocycles. The molecule has 0 amide bonds. The molecule has 0 aromatic carbocycles. The lowest BCUT2D eigenvalue weighted by Crippen LogP contribution is -2.61. The van der Waals surface area contributed by atoms with E-state index in [1.54, 1.807) is 0 Å². The van der Waals surface area contributed by atoms with Gasteiger partial charge in [0, 0.05) is 12.3 Å². The number of hydrogen-bond donors (Lipinski definition) is 8. The van der Waals surface area contributed by atoms with E-state index in [2.05, 4.69) is 0 Å². The van der Waals surface area contributed by atoms with Crippen molar-refractivity contribution in [3.8, 4) is 0 Å². The van der Waals surface area contributed by atoms with Crippen LogP contribution in [0.5, 0.6) is 0 Å². The summed E-state index contributed by atoms with van der Waals surface area (Å²) in [5.41, 5.74) is 1.28. The molecule has 0 radical (unpaired) electrons. The van der Waals surface area contributed by atoms with Crippen LogP contribution in [0.2, 0.25) is 0 Å². The number of carbonyl (C=O) groups is 1. The molecule has 8 N–H and O–H groups in total. The minimum absolute atomic E-state index is 0.0926. The molecule has 15 heteroatoms. The van der Waals surface area contributed by atoms with Crippen LogP contribution in [0.1, 0.15) is 26.7 Å². The van der Waals surface area contributed by atoms with E-state index >= 15 is 0 Å². The highest BCUT2D eigenvalue weighted by Crippen LogP contribution is 2.43. The van der Waals surface area contributed by atoms with Gasteiger partial charge in [0.05, 0.1) is 38.6 Å². The Morgan fingerprint density at radius 2 is 1.48 bits per heavy atom. The summed E-state index contributed by atoms with van der Waals surface area (Å²) in [4.78, 5) is 12.3. The number of aliphatic hydroxyl groups excluding tert-OH is 8. The zero-order chi connectivity index (χ0) is 30.7. The van der Waals surface area contributed by atoms with E-state index in [4.69, 9.17) is 28.4 Å². The van der Waals surface area contributed by atoms with Crippen molar-refractivity contribution in [3.63, 3.8) is 0 Å². The fourth-order valence-electron chi connectivity index (χ4n) is 5.58. The molecule has 4 rings (SSSR count). The zero-order valence-electron chi connectivity index (χ0n) is 23.4. The Balaban J connectivity index is 1.37. The van der Waals surface area contributed by atoms with E-state index in [1.807, 2.05) is 19.9 Å². The summed E-state index contributed by atoms with van der Waals surface area (Å²) in [6.45, 7) is 2.25. The molecule has 2 saturated heterocycles. The van der Waals surface area contributed by atoms with Gasteiger partial charge in [0.2, 0.25) is 6.29 Å². The molecule has 1 aliphatic carbocycles. The standard InChI is InChI=1S/C27H42O15/c1-11(2)5-17(30)42-25-18-12(6-28)3-4-14(18)13(8-37-25)9-38-26-24(36)22(34)20(32)16(41-26)10-39-27-23(35)21(33)19(31)15(7-29)40-27/h3,8,11,14-16,18-29,31-36H,4-7,9-10H2,1-2H3/t14-,15-,16-,18-,19-,20-,21+,22+,23-,24-,25+,26-,27-/m0/s1. The van der Waals surface area contributed by atoms with E-state index in [9.17, 15) is 45.6 Å². The van der Waals surface area contributed by atoms with Crippen molar-refractivity contribution in [1.29, 1.82) is 0 Å². The van der Waals surface area contributed by atoms with Gasteiger partial charge in [0.25, 0.3) is 0 Å². The normalized spacial score (nSPS) is 42.0. The van der Waals surface area contributed by atoms with Gasteiger partial charge >= 0.3 is 5.97 Å². The van der Waals surface area contributed by atoms with E-state index in [0.29, 0.717) is 17.6 Å². The quantitative estimate of drug-likeness (QED) is 0.0865. The smallest absolute Gasteiger partial charge is 0.309 e. The molecular weight excluding hydrogens is 564 g/mol. The monoisotopic (exact) mass is 606 g/mol. The van der Waals surface area contributed by atoms with Crippen molar-refractivity contribution >= 4 is 5.97 Å². The lowest BCUT2D eigenvalue weighted by Gasteiger charge is -2.43. The Morgan fingerprint density at radius 1 is 0.857 bits per heavy atom. The molecule has 42 heavy (non-hydrogen) atoms. The van der Waals surface area contributed by atoms with Gasteiger partial charge in [0.1, 0.15) is 48.8 Å². The Hall–Kier alpha value is -1.73. The Bertz CT molecular complexity index is 969. The van der Waals surface area contributed by atoms with Gasteiger partial charge in [-0.25, -0.2) is 0 Å². The molecule has 0 aromatic rings. The van der Waals surface area contributed by atoms with Crippen molar-refractivity contribution < 1.29 is 74.1 Å². The van der Waals surface area contributed by atoms with Crippen molar-refractivity contribution in [2.24, 2.45) is 17.8 Å². The number of rotatable bonds is 11. The van der Waals surface area contributed by atoms with Crippen LogP contribution in [0.3, 0.4) is 0 Å². The highest BCUT2D eigenvalue weighted by Gasteiger charge is 2.48. The Morgan fingerprint density at radius 3 is 2.10 bits per heavy atom. The molecule has 0 spiro atoms. The second-order valence-electron chi connectivity index (χ2n) is 11.4. The van der Waals surface area contributed by atoms with Crippen LogP contribution in [-0.4, -0.2) is 141 Å². The van der Waals surface area contributed by atoms with Crippen LogP contribution < -0.4 is 0 Å². The summed E-state index contributed by atoms with van der Waals surface area (Å²) in [6.07, 6.45) is -12.3. The number of fused-ring (bicyclic) bond motifs is 1. The molecule has 240 valence electrons. The first-order valence-electron chi connectivity index (χ1n) is 14.0. The molecular formula is C27H42O15. The summed E-state index contributed by atoms with van der Waals surface area (Å²) < 4.78 is 33.4. The van der Waals surface area contributed by atoms with E-state index < -0.39 is 92.8 Å². The first kappa shape index (κ1) is 33.2. The predicted octanol–water partition coefficient (Wildman–Crippen LogP) is -2.99. The molecule has 3 aliphatic heterocycles. The lowest BCUT2D eigenvalue weighted by atomic mass is 9.84. The molecule has 0 aromatic heterocycles. The average molecular weight is 607 g/mol. The minimum atomic E-state index is -1.70. The molecule has 0 unspecified atom stereocenters. The van der Waals surface area contributed by atoms with Crippen LogP contribution in [0.25, 0.3) is 0 Å². The van der Waals surface area contributed by atoms with Crippen molar-refractivity contribution in [1.82, 2.24) is 0 Å². The van der Waals surface area contributed by atoms with Gasteiger partial charge in [-0.05, 0) is 23.5 Å². The fourth-order valence-corrected chi connectivity index (χ4v) is 5.58. The SMILES string of the molecule is CC(C)CC(=O)O[C@H]1OC=C(CO[C@H]2O[C@@H](CO[C@H]3O[C@@H](CO)[C@H](O)[C@@H](O)[C@@H]3O)[C@H](O)[C@@H](O)[C@@H]2O)[C@@H]2CC=C(CO)[C@H]12. The number of carbonyl (C=O) groups excluding carboxylic acids is 1. The van der Waals surface area contributed by atoms with Crippen LogP contribution in [0.4, 0.5) is 0 Å². The van der Waals surface area contributed by atoms with Crippen LogP contribution in [0, 0.1) is 17.8 Å². The predicted molar refractivity (Wildman–Crippen MR) is 138 cm³/mol. The maximum Gasteiger partial charge on any atom is 0.309 e. The highest BCUT2D eigenvalue weighted by molar-refractivity contribution is 5.69. The third-order valence-electron chi connectivity index (χ3n) is 7.98. The van der Waals surface area contributed by atoms with E-state index in [-0.39, 0.29) is 31.5 Å². The summed E-state index contributed by atoms with van der Waals surface area (Å²) in [7, 11) is 0. The summed E-state index contributed by atoms with van der Waals surface area (Å²) in [6, 6.07) is 0. The Labute approximate surface area is 242 Å². The summed E-state index contributed by atoms with van der Waals surface area (Å²) >= 11 is 0. The van der Waals surface area contributed by atoms with Crippen molar-refractivity contribution in [2.75, 3.05) is 26.4 Å². The first-order valence-corrected chi connectivity index (χ1v) is 14.0. The number of ether oxygens (including phenoxy) is 6. The maximum atomic E-state index is 12.3. The van der Waals surface area contributed by atoms with Gasteiger partial charge in [-0.2, -0.15) is 0 Å². The van der Waals surface area contributed by atoms with Crippen LogP contribution >= 0.6 is 0 Å². The minimum Gasteiger partial charge on any atom is -0.462 e. The van der Waals surface area contributed by atoms with Gasteiger partial charge in [-0.3, -0.25) is 4.79 Å². The van der Waals surface area contributed by atoms with Gasteiger partial charge in [-0.1, -0.05) is 19.9 Å².